The Balaban J connectivity index is 0.00000484. The van der Waals surface area contributed by atoms with Crippen molar-refractivity contribution in [2.24, 2.45) is 4.99 Å². The summed E-state index contributed by atoms with van der Waals surface area (Å²) in [5.74, 6) is 3.35. The molecule has 1 aromatic carbocycles. The molecule has 0 saturated carbocycles. The third-order valence-electron chi connectivity index (χ3n) is 3.56. The van der Waals surface area contributed by atoms with Gasteiger partial charge in [-0.1, -0.05) is 50.1 Å². The van der Waals surface area contributed by atoms with Crippen LogP contribution < -0.4 is 10.6 Å². The Morgan fingerprint density at radius 3 is 2.35 bits per heavy atom. The zero-order valence-corrected chi connectivity index (χ0v) is 16.7. The van der Waals surface area contributed by atoms with Crippen molar-refractivity contribution in [2.75, 3.05) is 32.7 Å². The van der Waals surface area contributed by atoms with Crippen molar-refractivity contribution in [1.29, 1.82) is 0 Å². The van der Waals surface area contributed by atoms with Gasteiger partial charge in [0.1, 0.15) is 0 Å². The summed E-state index contributed by atoms with van der Waals surface area (Å²) in [5, 5.41) is 6.36. The molecule has 1 aromatic rings. The van der Waals surface area contributed by atoms with E-state index in [4.69, 9.17) is 11.4 Å². The molecule has 0 spiro atoms. The number of likely N-dealkylation sites (N-methyl/N-ethyl adjacent to an activating group) is 1. The van der Waals surface area contributed by atoms with E-state index >= 15 is 0 Å². The minimum atomic E-state index is 0. The second kappa shape index (κ2) is 13.2. The van der Waals surface area contributed by atoms with Crippen LogP contribution in [0.5, 0.6) is 0 Å². The Labute approximate surface area is 158 Å². The summed E-state index contributed by atoms with van der Waals surface area (Å²) in [6, 6.07) is 10.8. The summed E-state index contributed by atoms with van der Waals surface area (Å²) >= 11 is 0. The van der Waals surface area contributed by atoms with Crippen molar-refractivity contribution in [3.05, 3.63) is 35.9 Å². The van der Waals surface area contributed by atoms with Gasteiger partial charge in [0.05, 0.1) is 19.1 Å². The van der Waals surface area contributed by atoms with Crippen LogP contribution >= 0.6 is 24.0 Å². The van der Waals surface area contributed by atoms with Gasteiger partial charge in [-0.25, -0.2) is 0 Å². The molecule has 0 saturated heterocycles. The van der Waals surface area contributed by atoms with Crippen LogP contribution in [0.15, 0.2) is 35.3 Å². The molecule has 23 heavy (non-hydrogen) atoms. The Hall–Kier alpha value is -1.26. The van der Waals surface area contributed by atoms with Gasteiger partial charge in [0, 0.05) is 6.54 Å². The second-order valence-electron chi connectivity index (χ2n) is 4.92. The van der Waals surface area contributed by atoms with Crippen LogP contribution in [0.3, 0.4) is 0 Å². The summed E-state index contributed by atoms with van der Waals surface area (Å²) in [6.07, 6.45) is 5.31. The molecule has 2 N–H and O–H groups in total. The highest BCUT2D eigenvalue weighted by Gasteiger charge is 2.17. The van der Waals surface area contributed by atoms with Crippen molar-refractivity contribution in [3.63, 3.8) is 0 Å². The zero-order chi connectivity index (χ0) is 16.2. The maximum Gasteiger partial charge on any atom is 0.192 e. The van der Waals surface area contributed by atoms with Crippen molar-refractivity contribution in [2.45, 2.75) is 26.8 Å². The molecule has 0 aliphatic carbocycles. The lowest BCUT2D eigenvalue weighted by Crippen LogP contribution is -2.38. The molecule has 5 heteroatoms. The number of rotatable bonds is 8. The number of nitrogens with zero attached hydrogens (tertiary/aromatic N) is 2. The van der Waals surface area contributed by atoms with Crippen molar-refractivity contribution in [1.82, 2.24) is 15.5 Å². The number of guanidine groups is 1. The standard InChI is InChI=1S/C18H28N4.HI/c1-5-14-20-18(19-6-2)21-15-17(22(7-3)8-4)16-12-10-9-11-13-16;/h1,9-13,17H,6-8,14-15H2,2-4H3,(H2,19,20,21);1H. The van der Waals surface area contributed by atoms with E-state index in [2.05, 4.69) is 59.6 Å². The number of benzene rings is 1. The van der Waals surface area contributed by atoms with E-state index in [0.29, 0.717) is 13.1 Å². The molecule has 0 aliphatic heterocycles. The van der Waals surface area contributed by atoms with Crippen LogP contribution in [0.4, 0.5) is 0 Å². The third kappa shape index (κ3) is 7.71. The maximum absolute atomic E-state index is 5.31. The zero-order valence-electron chi connectivity index (χ0n) is 14.4. The molecule has 0 aliphatic rings. The summed E-state index contributed by atoms with van der Waals surface area (Å²) in [5.41, 5.74) is 1.29. The van der Waals surface area contributed by atoms with Crippen LogP contribution in [0.1, 0.15) is 32.4 Å². The molecule has 0 amide bonds. The predicted octanol–water partition coefficient (Wildman–Crippen LogP) is 2.88. The van der Waals surface area contributed by atoms with E-state index in [9.17, 15) is 0 Å². The molecule has 0 fully saturated rings. The molecular formula is C18H29IN4. The van der Waals surface area contributed by atoms with Gasteiger partial charge in [-0.15, -0.1) is 30.4 Å². The van der Waals surface area contributed by atoms with E-state index < -0.39 is 0 Å². The molecule has 4 nitrogen and oxygen atoms in total. The van der Waals surface area contributed by atoms with Crippen molar-refractivity contribution >= 4 is 29.9 Å². The molecule has 1 atom stereocenters. The number of hydrogen-bond acceptors (Lipinski definition) is 2. The van der Waals surface area contributed by atoms with Gasteiger partial charge < -0.3 is 10.6 Å². The fraction of sp³-hybridized carbons (Fsp3) is 0.500. The van der Waals surface area contributed by atoms with Crippen molar-refractivity contribution < 1.29 is 0 Å². The highest BCUT2D eigenvalue weighted by molar-refractivity contribution is 14.0. The van der Waals surface area contributed by atoms with Gasteiger partial charge in [0.25, 0.3) is 0 Å². The van der Waals surface area contributed by atoms with Crippen LogP contribution in [0.25, 0.3) is 0 Å². The molecule has 0 aromatic heterocycles. The van der Waals surface area contributed by atoms with Crippen LogP contribution in [-0.2, 0) is 0 Å². The normalized spacial score (nSPS) is 12.2. The molecule has 0 radical (unpaired) electrons. The van der Waals surface area contributed by atoms with Crippen LogP contribution in [-0.4, -0.2) is 43.6 Å². The largest absolute Gasteiger partial charge is 0.357 e. The smallest absolute Gasteiger partial charge is 0.192 e. The molecule has 128 valence electrons. The maximum atomic E-state index is 5.31. The molecule has 0 bridgehead atoms. The number of nitrogens with one attached hydrogen (secondary N) is 2. The lowest BCUT2D eigenvalue weighted by Gasteiger charge is -2.29. The molecular weight excluding hydrogens is 399 g/mol. The van der Waals surface area contributed by atoms with E-state index in [-0.39, 0.29) is 30.0 Å². The molecule has 1 rings (SSSR count). The number of aliphatic imine (C=N–C) groups is 1. The Morgan fingerprint density at radius 2 is 1.83 bits per heavy atom. The summed E-state index contributed by atoms with van der Waals surface area (Å²) in [7, 11) is 0. The summed E-state index contributed by atoms with van der Waals surface area (Å²) in [4.78, 5) is 7.12. The highest BCUT2D eigenvalue weighted by Crippen LogP contribution is 2.20. The van der Waals surface area contributed by atoms with Crippen molar-refractivity contribution in [3.8, 4) is 12.3 Å². The van der Waals surface area contributed by atoms with Gasteiger partial charge in [-0.2, -0.15) is 0 Å². The second-order valence-corrected chi connectivity index (χ2v) is 4.92. The van der Waals surface area contributed by atoms with Crippen LogP contribution in [0, 0.1) is 12.3 Å². The van der Waals surface area contributed by atoms with Gasteiger partial charge in [-0.05, 0) is 25.6 Å². The fourth-order valence-electron chi connectivity index (χ4n) is 2.43. The topological polar surface area (TPSA) is 39.7 Å². The van der Waals surface area contributed by atoms with Gasteiger partial charge in [-0.3, -0.25) is 9.89 Å². The fourth-order valence-corrected chi connectivity index (χ4v) is 2.43. The quantitative estimate of drug-likeness (QED) is 0.290. The van der Waals surface area contributed by atoms with E-state index in [0.717, 1.165) is 25.6 Å². The van der Waals surface area contributed by atoms with Crippen LogP contribution in [0.2, 0.25) is 0 Å². The third-order valence-corrected chi connectivity index (χ3v) is 3.56. The van der Waals surface area contributed by atoms with Gasteiger partial charge in [0.15, 0.2) is 5.96 Å². The number of terminal acetylenes is 1. The first kappa shape index (κ1) is 21.7. The average Bonchev–Trinajstić information content (AvgIpc) is 2.57. The van der Waals surface area contributed by atoms with Gasteiger partial charge in [0.2, 0.25) is 0 Å². The predicted molar refractivity (Wildman–Crippen MR) is 110 cm³/mol. The highest BCUT2D eigenvalue weighted by atomic mass is 127. The molecule has 1 unspecified atom stereocenters. The SMILES string of the molecule is C#CCNC(=NCC(c1ccccc1)N(CC)CC)NCC.I. The molecule has 0 heterocycles. The summed E-state index contributed by atoms with van der Waals surface area (Å²) < 4.78 is 0. The lowest BCUT2D eigenvalue weighted by molar-refractivity contribution is 0.224. The first-order chi connectivity index (χ1) is 10.8. The van der Waals surface area contributed by atoms with Gasteiger partial charge >= 0.3 is 0 Å². The summed E-state index contributed by atoms with van der Waals surface area (Å²) in [6.45, 7) is 10.4. The van der Waals surface area contributed by atoms with E-state index in [1.54, 1.807) is 0 Å². The number of hydrogen-bond donors (Lipinski definition) is 2. The average molecular weight is 428 g/mol. The Bertz CT molecular complexity index is 478. The first-order valence-corrected chi connectivity index (χ1v) is 8.01. The first-order valence-electron chi connectivity index (χ1n) is 8.01. The number of halogens is 1. The minimum Gasteiger partial charge on any atom is -0.357 e. The minimum absolute atomic E-state index is 0. The lowest BCUT2D eigenvalue weighted by atomic mass is 10.1. The van der Waals surface area contributed by atoms with E-state index in [1.807, 2.05) is 13.0 Å². The Morgan fingerprint density at radius 1 is 1.17 bits per heavy atom. The Kier molecular flexibility index (Phi) is 12.5. The monoisotopic (exact) mass is 428 g/mol. The van der Waals surface area contributed by atoms with E-state index in [1.165, 1.54) is 5.56 Å².